The molecule has 0 aliphatic carbocycles. The van der Waals surface area contributed by atoms with Gasteiger partial charge in [-0.05, 0) is 24.8 Å². The van der Waals surface area contributed by atoms with Gasteiger partial charge in [0.25, 0.3) is 0 Å². The van der Waals surface area contributed by atoms with Crippen LogP contribution in [0.15, 0.2) is 30.5 Å². The zero-order valence-corrected chi connectivity index (χ0v) is 11.8. The summed E-state index contributed by atoms with van der Waals surface area (Å²) >= 11 is 0. The summed E-state index contributed by atoms with van der Waals surface area (Å²) in [6, 6.07) is 7.29. The molecule has 0 atom stereocenters. The molecule has 1 N–H and O–H groups in total. The van der Waals surface area contributed by atoms with E-state index in [4.69, 9.17) is 9.84 Å². The van der Waals surface area contributed by atoms with Gasteiger partial charge < -0.3 is 9.84 Å². The van der Waals surface area contributed by atoms with Crippen LogP contribution in [0.3, 0.4) is 0 Å². The van der Waals surface area contributed by atoms with Crippen molar-refractivity contribution in [3.8, 4) is 5.88 Å². The first-order chi connectivity index (χ1) is 9.59. The number of hydrogen-bond acceptors (Lipinski definition) is 3. The maximum Gasteiger partial charge on any atom is 0.337 e. The fraction of sp³-hybridized carbons (Fsp3) is 0.375. The van der Waals surface area contributed by atoms with E-state index in [2.05, 4.69) is 18.8 Å². The van der Waals surface area contributed by atoms with Gasteiger partial charge in [0.05, 0.1) is 12.2 Å². The number of ether oxygens (including phenoxy) is 1. The minimum atomic E-state index is -0.972. The first-order valence-corrected chi connectivity index (χ1v) is 6.83. The third-order valence-corrected chi connectivity index (χ3v) is 3.15. The number of carboxylic acids is 1. The van der Waals surface area contributed by atoms with Crippen molar-refractivity contribution in [3.05, 3.63) is 36.0 Å². The molecule has 4 nitrogen and oxygen atoms in total. The Kier molecular flexibility index (Phi) is 4.56. The van der Waals surface area contributed by atoms with Crippen molar-refractivity contribution in [1.29, 1.82) is 0 Å². The fourth-order valence-electron chi connectivity index (χ4n) is 2.11. The first kappa shape index (κ1) is 14.3. The molecule has 4 heteroatoms. The number of rotatable bonds is 6. The maximum atomic E-state index is 11.2. The molecule has 2 rings (SSSR count). The number of aromatic carboxylic acids is 1. The average molecular weight is 273 g/mol. The smallest absolute Gasteiger partial charge is 0.337 e. The van der Waals surface area contributed by atoms with Crippen LogP contribution in [0.5, 0.6) is 5.88 Å². The molecule has 0 aliphatic heterocycles. The average Bonchev–Trinajstić information content (AvgIpc) is 2.43. The second-order valence-corrected chi connectivity index (χ2v) is 5.21. The topological polar surface area (TPSA) is 59.4 Å². The van der Waals surface area contributed by atoms with Crippen LogP contribution >= 0.6 is 0 Å². The first-order valence-electron chi connectivity index (χ1n) is 6.83. The normalized spacial score (nSPS) is 10.9. The molecule has 2 aromatic rings. The minimum absolute atomic E-state index is 0.204. The maximum absolute atomic E-state index is 11.2. The van der Waals surface area contributed by atoms with E-state index in [-0.39, 0.29) is 5.56 Å². The molecule has 1 aromatic heterocycles. The third kappa shape index (κ3) is 3.26. The summed E-state index contributed by atoms with van der Waals surface area (Å²) in [4.78, 5) is 15.3. The summed E-state index contributed by atoms with van der Waals surface area (Å²) < 4.78 is 5.70. The van der Waals surface area contributed by atoms with Gasteiger partial charge in [0.2, 0.25) is 5.88 Å². The molecule has 0 aliphatic rings. The summed E-state index contributed by atoms with van der Waals surface area (Å²) in [5.41, 5.74) is 0.204. The van der Waals surface area contributed by atoms with E-state index in [0.717, 1.165) is 18.2 Å². The van der Waals surface area contributed by atoms with Crippen LogP contribution in [-0.4, -0.2) is 22.7 Å². The molecule has 0 spiro atoms. The minimum Gasteiger partial charge on any atom is -0.478 e. The Morgan fingerprint density at radius 2 is 2.00 bits per heavy atom. The van der Waals surface area contributed by atoms with Crippen molar-refractivity contribution in [1.82, 2.24) is 4.98 Å². The number of carboxylic acid groups (broad SMARTS) is 1. The van der Waals surface area contributed by atoms with Crippen LogP contribution in [0.25, 0.3) is 10.8 Å². The van der Waals surface area contributed by atoms with Crippen LogP contribution in [0.1, 0.15) is 37.0 Å². The predicted molar refractivity (Wildman–Crippen MR) is 78.3 cm³/mol. The highest BCUT2D eigenvalue weighted by atomic mass is 16.5. The van der Waals surface area contributed by atoms with E-state index in [9.17, 15) is 4.79 Å². The zero-order chi connectivity index (χ0) is 14.5. The molecule has 106 valence electrons. The summed E-state index contributed by atoms with van der Waals surface area (Å²) in [6.45, 7) is 4.95. The van der Waals surface area contributed by atoms with Crippen molar-refractivity contribution >= 4 is 16.7 Å². The van der Waals surface area contributed by atoms with Gasteiger partial charge in [0.15, 0.2) is 0 Å². The van der Waals surface area contributed by atoms with Gasteiger partial charge in [-0.2, -0.15) is 0 Å². The number of nitrogens with zero attached hydrogens (tertiary/aromatic N) is 1. The molecule has 0 unspecified atom stereocenters. The van der Waals surface area contributed by atoms with E-state index in [1.54, 1.807) is 6.07 Å². The predicted octanol–water partition coefficient (Wildman–Crippen LogP) is 3.75. The van der Waals surface area contributed by atoms with Crippen molar-refractivity contribution < 1.29 is 14.6 Å². The molecular formula is C16H19NO3. The van der Waals surface area contributed by atoms with E-state index in [0.29, 0.717) is 23.8 Å². The van der Waals surface area contributed by atoms with Crippen LogP contribution in [0, 0.1) is 5.92 Å². The molecular weight excluding hydrogens is 254 g/mol. The molecule has 0 fully saturated rings. The number of carbonyl (C=O) groups is 1. The molecule has 0 radical (unpaired) electrons. The summed E-state index contributed by atoms with van der Waals surface area (Å²) in [5.74, 6) is 0.187. The lowest BCUT2D eigenvalue weighted by Crippen LogP contribution is -2.04. The Balaban J connectivity index is 2.22. The van der Waals surface area contributed by atoms with Gasteiger partial charge in [-0.25, -0.2) is 9.78 Å². The molecule has 0 bridgehead atoms. The zero-order valence-electron chi connectivity index (χ0n) is 11.8. The summed E-state index contributed by atoms with van der Waals surface area (Å²) in [5, 5.41) is 10.6. The van der Waals surface area contributed by atoms with Crippen LogP contribution in [0.2, 0.25) is 0 Å². The number of benzene rings is 1. The van der Waals surface area contributed by atoms with Crippen LogP contribution in [-0.2, 0) is 0 Å². The molecule has 0 saturated heterocycles. The van der Waals surface area contributed by atoms with E-state index in [1.165, 1.54) is 6.20 Å². The monoisotopic (exact) mass is 273 g/mol. The van der Waals surface area contributed by atoms with Crippen LogP contribution < -0.4 is 4.74 Å². The van der Waals surface area contributed by atoms with Gasteiger partial charge in [-0.15, -0.1) is 0 Å². The van der Waals surface area contributed by atoms with Crippen molar-refractivity contribution in [2.75, 3.05) is 6.61 Å². The lowest BCUT2D eigenvalue weighted by molar-refractivity contribution is 0.0698. The third-order valence-electron chi connectivity index (χ3n) is 3.15. The second kappa shape index (κ2) is 6.37. The Morgan fingerprint density at radius 1 is 1.30 bits per heavy atom. The number of fused-ring (bicyclic) bond motifs is 1. The molecule has 1 aromatic carbocycles. The lowest BCUT2D eigenvalue weighted by atomic mass is 10.1. The van der Waals surface area contributed by atoms with Gasteiger partial charge in [-0.3, -0.25) is 0 Å². The van der Waals surface area contributed by atoms with Gasteiger partial charge in [0, 0.05) is 17.0 Å². The molecule has 0 saturated carbocycles. The molecule has 0 amide bonds. The Bertz CT molecular complexity index is 608. The Labute approximate surface area is 118 Å². The van der Waals surface area contributed by atoms with Crippen molar-refractivity contribution in [2.45, 2.75) is 26.7 Å². The fourth-order valence-corrected chi connectivity index (χ4v) is 2.11. The molecule has 20 heavy (non-hydrogen) atoms. The Hall–Kier alpha value is -2.10. The van der Waals surface area contributed by atoms with Crippen molar-refractivity contribution in [3.63, 3.8) is 0 Å². The molecule has 1 heterocycles. The Morgan fingerprint density at radius 3 is 2.65 bits per heavy atom. The highest BCUT2D eigenvalue weighted by Gasteiger charge is 2.12. The number of hydrogen-bond donors (Lipinski definition) is 1. The van der Waals surface area contributed by atoms with E-state index in [1.807, 2.05) is 18.2 Å². The summed E-state index contributed by atoms with van der Waals surface area (Å²) in [6.07, 6.45) is 3.43. The summed E-state index contributed by atoms with van der Waals surface area (Å²) in [7, 11) is 0. The standard InChI is InChI=1S/C16H19NO3/c1-11(2)6-5-9-20-15-13-8-4-3-7-12(13)14(10-17-15)16(18)19/h3-4,7-8,10-11H,5-6,9H2,1-2H3,(H,18,19). The number of aromatic nitrogens is 1. The van der Waals surface area contributed by atoms with E-state index >= 15 is 0 Å². The van der Waals surface area contributed by atoms with Gasteiger partial charge in [-0.1, -0.05) is 32.0 Å². The van der Waals surface area contributed by atoms with Gasteiger partial charge >= 0.3 is 5.97 Å². The van der Waals surface area contributed by atoms with Crippen LogP contribution in [0.4, 0.5) is 0 Å². The number of pyridine rings is 1. The van der Waals surface area contributed by atoms with Gasteiger partial charge in [0.1, 0.15) is 0 Å². The quantitative estimate of drug-likeness (QED) is 0.814. The largest absolute Gasteiger partial charge is 0.478 e. The highest BCUT2D eigenvalue weighted by molar-refractivity contribution is 6.04. The highest BCUT2D eigenvalue weighted by Crippen LogP contribution is 2.26. The lowest BCUT2D eigenvalue weighted by Gasteiger charge is -2.10. The SMILES string of the molecule is CC(C)CCCOc1ncc(C(=O)O)c2ccccc12. The van der Waals surface area contributed by atoms with E-state index < -0.39 is 5.97 Å². The second-order valence-electron chi connectivity index (χ2n) is 5.21. The van der Waals surface area contributed by atoms with Crippen molar-refractivity contribution in [2.24, 2.45) is 5.92 Å².